The summed E-state index contributed by atoms with van der Waals surface area (Å²) in [4.78, 5) is 0. The van der Waals surface area contributed by atoms with Gasteiger partial charge in [0.25, 0.3) is 0 Å². The maximum atomic E-state index is 5.58. The molecule has 0 saturated carbocycles. The molecule has 0 unspecified atom stereocenters. The minimum Gasteiger partial charge on any atom is -0.330 e. The number of hydrogen-bond donors (Lipinski definition) is 1. The number of aromatic nitrogens is 2. The molecule has 0 aliphatic carbocycles. The van der Waals surface area contributed by atoms with Crippen molar-refractivity contribution in [3.8, 4) is 11.1 Å². The highest BCUT2D eigenvalue weighted by Crippen LogP contribution is 2.24. The molecule has 1 heterocycles. The predicted octanol–water partition coefficient (Wildman–Crippen LogP) is 2.29. The fourth-order valence-electron chi connectivity index (χ4n) is 2.08. The first kappa shape index (κ1) is 11.9. The highest BCUT2D eigenvalue weighted by atomic mass is 15.3. The zero-order valence-electron chi connectivity index (χ0n) is 10.5. The van der Waals surface area contributed by atoms with Gasteiger partial charge in [-0.25, -0.2) is 0 Å². The van der Waals surface area contributed by atoms with Gasteiger partial charge in [0.1, 0.15) is 0 Å². The van der Waals surface area contributed by atoms with Crippen molar-refractivity contribution in [3.63, 3.8) is 0 Å². The number of hydrogen-bond acceptors (Lipinski definition) is 2. The van der Waals surface area contributed by atoms with Crippen molar-refractivity contribution in [3.05, 3.63) is 41.7 Å². The third-order valence-corrected chi connectivity index (χ3v) is 3.01. The zero-order valence-corrected chi connectivity index (χ0v) is 10.5. The molecule has 2 N–H and O–H groups in total. The quantitative estimate of drug-likeness (QED) is 0.874. The summed E-state index contributed by atoms with van der Waals surface area (Å²) in [6.07, 6.45) is 3.93. The first-order chi connectivity index (χ1) is 8.22. The van der Waals surface area contributed by atoms with E-state index in [0.29, 0.717) is 0 Å². The summed E-state index contributed by atoms with van der Waals surface area (Å²) in [5.74, 6) is 0. The Morgan fingerprint density at radius 3 is 2.88 bits per heavy atom. The fraction of sp³-hybridized carbons (Fsp3) is 0.357. The Morgan fingerprint density at radius 2 is 2.18 bits per heavy atom. The molecule has 3 nitrogen and oxygen atoms in total. The maximum absolute atomic E-state index is 5.58. The van der Waals surface area contributed by atoms with Gasteiger partial charge < -0.3 is 5.73 Å². The zero-order chi connectivity index (χ0) is 12.3. The Morgan fingerprint density at radius 1 is 1.35 bits per heavy atom. The van der Waals surface area contributed by atoms with Crippen LogP contribution in [0.15, 0.2) is 30.5 Å². The van der Waals surface area contributed by atoms with Crippen molar-refractivity contribution in [1.82, 2.24) is 9.78 Å². The van der Waals surface area contributed by atoms with Crippen molar-refractivity contribution >= 4 is 0 Å². The van der Waals surface area contributed by atoms with E-state index in [9.17, 15) is 0 Å². The molecule has 0 aliphatic heterocycles. The Hall–Kier alpha value is -1.61. The third kappa shape index (κ3) is 2.56. The fourth-order valence-corrected chi connectivity index (χ4v) is 2.08. The molecule has 3 heteroatoms. The summed E-state index contributed by atoms with van der Waals surface area (Å²) in [7, 11) is 1.99. The van der Waals surface area contributed by atoms with E-state index >= 15 is 0 Å². The highest BCUT2D eigenvalue weighted by Gasteiger charge is 2.09. The molecule has 0 bridgehead atoms. The first-order valence-corrected chi connectivity index (χ1v) is 6.00. The normalized spacial score (nSPS) is 10.8. The molecular weight excluding hydrogens is 210 g/mol. The molecular formula is C14H19N3. The Labute approximate surface area is 102 Å². The molecule has 90 valence electrons. The SMILES string of the molecule is Cc1cccc(-c2cnn(C)c2CCCN)c1. The van der Waals surface area contributed by atoms with E-state index in [-0.39, 0.29) is 0 Å². The van der Waals surface area contributed by atoms with E-state index in [4.69, 9.17) is 5.73 Å². The van der Waals surface area contributed by atoms with Crippen LogP contribution in [0.5, 0.6) is 0 Å². The van der Waals surface area contributed by atoms with E-state index in [0.717, 1.165) is 19.4 Å². The third-order valence-electron chi connectivity index (χ3n) is 3.01. The van der Waals surface area contributed by atoms with Gasteiger partial charge in [-0.15, -0.1) is 0 Å². The first-order valence-electron chi connectivity index (χ1n) is 6.00. The summed E-state index contributed by atoms with van der Waals surface area (Å²) in [6, 6.07) is 8.53. The lowest BCUT2D eigenvalue weighted by Crippen LogP contribution is -2.05. The summed E-state index contributed by atoms with van der Waals surface area (Å²) in [5, 5.41) is 4.35. The van der Waals surface area contributed by atoms with Gasteiger partial charge in [-0.1, -0.05) is 29.8 Å². The number of nitrogens with two attached hydrogens (primary N) is 1. The van der Waals surface area contributed by atoms with Gasteiger partial charge in [-0.05, 0) is 31.9 Å². The van der Waals surface area contributed by atoms with Gasteiger partial charge >= 0.3 is 0 Å². The van der Waals surface area contributed by atoms with Gasteiger partial charge in [0.15, 0.2) is 0 Å². The van der Waals surface area contributed by atoms with E-state index in [1.807, 2.05) is 17.9 Å². The average molecular weight is 229 g/mol. The van der Waals surface area contributed by atoms with E-state index in [1.165, 1.54) is 22.4 Å². The van der Waals surface area contributed by atoms with Gasteiger partial charge in [0.2, 0.25) is 0 Å². The van der Waals surface area contributed by atoms with Gasteiger partial charge in [0, 0.05) is 18.3 Å². The van der Waals surface area contributed by atoms with Crippen molar-refractivity contribution < 1.29 is 0 Å². The van der Waals surface area contributed by atoms with Crippen LogP contribution in [-0.4, -0.2) is 16.3 Å². The van der Waals surface area contributed by atoms with Crippen LogP contribution in [0.4, 0.5) is 0 Å². The number of aryl methyl sites for hydroxylation is 2. The summed E-state index contributed by atoms with van der Waals surface area (Å²) >= 11 is 0. The van der Waals surface area contributed by atoms with Crippen molar-refractivity contribution in [2.24, 2.45) is 12.8 Å². The van der Waals surface area contributed by atoms with Gasteiger partial charge in [0.05, 0.1) is 6.20 Å². The number of nitrogens with zero attached hydrogens (tertiary/aromatic N) is 2. The van der Waals surface area contributed by atoms with Gasteiger partial charge in [-0.2, -0.15) is 5.10 Å². The summed E-state index contributed by atoms with van der Waals surface area (Å²) in [6.45, 7) is 2.83. The second-order valence-corrected chi connectivity index (χ2v) is 4.39. The molecule has 0 atom stereocenters. The highest BCUT2D eigenvalue weighted by molar-refractivity contribution is 5.66. The molecule has 1 aromatic heterocycles. The largest absolute Gasteiger partial charge is 0.330 e. The van der Waals surface area contributed by atoms with Crippen molar-refractivity contribution in [2.75, 3.05) is 6.54 Å². The van der Waals surface area contributed by atoms with Crippen LogP contribution in [0.1, 0.15) is 17.7 Å². The number of benzene rings is 1. The van der Waals surface area contributed by atoms with E-state index < -0.39 is 0 Å². The Bertz CT molecular complexity index is 500. The van der Waals surface area contributed by atoms with Crippen molar-refractivity contribution in [2.45, 2.75) is 19.8 Å². The molecule has 0 radical (unpaired) electrons. The van der Waals surface area contributed by atoms with E-state index in [1.54, 1.807) is 0 Å². The standard InChI is InChI=1S/C14H19N3/c1-11-5-3-6-12(9-11)13-10-16-17(2)14(13)7-4-8-15/h3,5-6,9-10H,4,7-8,15H2,1-2H3. The smallest absolute Gasteiger partial charge is 0.0571 e. The molecule has 1 aromatic carbocycles. The second-order valence-electron chi connectivity index (χ2n) is 4.39. The molecule has 2 rings (SSSR count). The minimum absolute atomic E-state index is 0.721. The predicted molar refractivity (Wildman–Crippen MR) is 70.8 cm³/mol. The van der Waals surface area contributed by atoms with E-state index in [2.05, 4.69) is 36.3 Å². The van der Waals surface area contributed by atoms with Crippen molar-refractivity contribution in [1.29, 1.82) is 0 Å². The van der Waals surface area contributed by atoms with Crippen LogP contribution in [0.3, 0.4) is 0 Å². The molecule has 0 spiro atoms. The van der Waals surface area contributed by atoms with Crippen LogP contribution in [0, 0.1) is 6.92 Å². The Kier molecular flexibility index (Phi) is 3.59. The summed E-state index contributed by atoms with van der Waals surface area (Å²) in [5.41, 5.74) is 10.6. The topological polar surface area (TPSA) is 43.8 Å². The lowest BCUT2D eigenvalue weighted by atomic mass is 10.0. The van der Waals surface area contributed by atoms with Crippen LogP contribution < -0.4 is 5.73 Å². The minimum atomic E-state index is 0.721. The average Bonchev–Trinajstić information content (AvgIpc) is 2.68. The van der Waals surface area contributed by atoms with Crippen LogP contribution in [0.2, 0.25) is 0 Å². The molecule has 17 heavy (non-hydrogen) atoms. The maximum Gasteiger partial charge on any atom is 0.0571 e. The molecule has 2 aromatic rings. The molecule has 0 amide bonds. The molecule has 0 saturated heterocycles. The number of rotatable bonds is 4. The second kappa shape index (κ2) is 5.15. The lowest BCUT2D eigenvalue weighted by Gasteiger charge is -2.06. The van der Waals surface area contributed by atoms with Crippen LogP contribution >= 0.6 is 0 Å². The Balaban J connectivity index is 2.38. The molecule has 0 fully saturated rings. The monoisotopic (exact) mass is 229 g/mol. The van der Waals surface area contributed by atoms with Crippen LogP contribution in [0.25, 0.3) is 11.1 Å². The van der Waals surface area contributed by atoms with Gasteiger partial charge in [-0.3, -0.25) is 4.68 Å². The lowest BCUT2D eigenvalue weighted by molar-refractivity contribution is 0.687. The van der Waals surface area contributed by atoms with Crippen LogP contribution in [-0.2, 0) is 13.5 Å². The summed E-state index contributed by atoms with van der Waals surface area (Å²) < 4.78 is 1.95. The molecule has 0 aliphatic rings.